The van der Waals surface area contributed by atoms with E-state index in [-0.39, 0.29) is 5.56 Å². The van der Waals surface area contributed by atoms with E-state index in [0.717, 1.165) is 11.1 Å². The Bertz CT molecular complexity index is 794. The Morgan fingerprint density at radius 2 is 1.95 bits per heavy atom. The minimum atomic E-state index is -1.01. The van der Waals surface area contributed by atoms with Crippen LogP contribution in [0.2, 0.25) is 0 Å². The number of hydrogen-bond acceptors (Lipinski definition) is 3. The summed E-state index contributed by atoms with van der Waals surface area (Å²) in [5.41, 5.74) is 2.39. The molecule has 2 heterocycles. The van der Waals surface area contributed by atoms with Crippen LogP contribution < -0.4 is 0 Å². The SMILES string of the molecule is Cc1ccnc(-n2cc(C(=O)O)c(-c3ccccc3)n2)c1. The third-order valence-electron chi connectivity index (χ3n) is 3.13. The van der Waals surface area contributed by atoms with Crippen molar-refractivity contribution in [3.63, 3.8) is 0 Å². The molecule has 0 atom stereocenters. The third-order valence-corrected chi connectivity index (χ3v) is 3.13. The molecule has 0 spiro atoms. The molecular formula is C16H13N3O2. The summed E-state index contributed by atoms with van der Waals surface area (Å²) in [6.45, 7) is 1.95. The van der Waals surface area contributed by atoms with Gasteiger partial charge in [0.25, 0.3) is 0 Å². The van der Waals surface area contributed by atoms with E-state index < -0.39 is 5.97 Å². The third kappa shape index (κ3) is 2.53. The van der Waals surface area contributed by atoms with Gasteiger partial charge in [-0.05, 0) is 24.6 Å². The van der Waals surface area contributed by atoms with Gasteiger partial charge in [-0.25, -0.2) is 14.5 Å². The van der Waals surface area contributed by atoms with Crippen LogP contribution >= 0.6 is 0 Å². The smallest absolute Gasteiger partial charge is 0.339 e. The number of hydrogen-bond donors (Lipinski definition) is 1. The summed E-state index contributed by atoms with van der Waals surface area (Å²) >= 11 is 0. The van der Waals surface area contributed by atoms with Crippen LogP contribution in [0.1, 0.15) is 15.9 Å². The first-order valence-corrected chi connectivity index (χ1v) is 6.46. The Balaban J connectivity index is 2.15. The number of aryl methyl sites for hydroxylation is 1. The number of nitrogens with zero attached hydrogens (tertiary/aromatic N) is 3. The molecule has 3 rings (SSSR count). The number of carboxylic acids is 1. The Hall–Kier alpha value is -2.95. The number of aromatic carboxylic acids is 1. The zero-order valence-corrected chi connectivity index (χ0v) is 11.4. The second-order valence-corrected chi connectivity index (χ2v) is 4.70. The standard InChI is InChI=1S/C16H13N3O2/c1-11-7-8-17-14(9-11)19-10-13(16(20)21)15(18-19)12-5-3-2-4-6-12/h2-10H,1H3,(H,20,21). The summed E-state index contributed by atoms with van der Waals surface area (Å²) in [5.74, 6) is -0.410. The van der Waals surface area contributed by atoms with Gasteiger partial charge in [0.15, 0.2) is 5.82 Å². The van der Waals surface area contributed by atoms with Crippen LogP contribution in [0.15, 0.2) is 54.9 Å². The molecule has 0 radical (unpaired) electrons. The summed E-state index contributed by atoms with van der Waals surface area (Å²) in [4.78, 5) is 15.7. The highest BCUT2D eigenvalue weighted by atomic mass is 16.4. The molecule has 5 nitrogen and oxygen atoms in total. The molecule has 0 saturated heterocycles. The monoisotopic (exact) mass is 279 g/mol. The molecule has 0 fully saturated rings. The molecule has 0 bridgehead atoms. The predicted octanol–water partition coefficient (Wildman–Crippen LogP) is 2.94. The first-order chi connectivity index (χ1) is 10.1. The summed E-state index contributed by atoms with van der Waals surface area (Å²) in [7, 11) is 0. The summed E-state index contributed by atoms with van der Waals surface area (Å²) in [5, 5.41) is 13.8. The Kier molecular flexibility index (Phi) is 3.23. The van der Waals surface area contributed by atoms with Gasteiger partial charge in [0.2, 0.25) is 0 Å². The second kappa shape index (κ2) is 5.20. The molecule has 1 N–H and O–H groups in total. The topological polar surface area (TPSA) is 68.0 Å². The predicted molar refractivity (Wildman–Crippen MR) is 78.5 cm³/mol. The van der Waals surface area contributed by atoms with E-state index in [1.165, 1.54) is 10.9 Å². The first-order valence-electron chi connectivity index (χ1n) is 6.46. The lowest BCUT2D eigenvalue weighted by Crippen LogP contribution is -1.98. The minimum Gasteiger partial charge on any atom is -0.478 e. The average Bonchev–Trinajstić information content (AvgIpc) is 2.93. The van der Waals surface area contributed by atoms with Crippen molar-refractivity contribution in [1.29, 1.82) is 0 Å². The molecule has 21 heavy (non-hydrogen) atoms. The molecule has 3 aromatic rings. The van der Waals surface area contributed by atoms with E-state index in [2.05, 4.69) is 10.1 Å². The molecule has 5 heteroatoms. The van der Waals surface area contributed by atoms with Crippen LogP contribution in [0.4, 0.5) is 0 Å². The van der Waals surface area contributed by atoms with Crippen LogP contribution in [0.5, 0.6) is 0 Å². The van der Waals surface area contributed by atoms with Gasteiger partial charge in [-0.2, -0.15) is 5.10 Å². The zero-order valence-electron chi connectivity index (χ0n) is 11.4. The normalized spacial score (nSPS) is 10.5. The highest BCUT2D eigenvalue weighted by molar-refractivity contribution is 5.94. The second-order valence-electron chi connectivity index (χ2n) is 4.70. The van der Waals surface area contributed by atoms with Gasteiger partial charge in [-0.15, -0.1) is 0 Å². The maximum atomic E-state index is 11.4. The lowest BCUT2D eigenvalue weighted by atomic mass is 10.1. The Labute approximate surface area is 121 Å². The van der Waals surface area contributed by atoms with Crippen molar-refractivity contribution in [3.05, 3.63) is 66.0 Å². The van der Waals surface area contributed by atoms with Gasteiger partial charge in [0.1, 0.15) is 11.3 Å². The number of aromatic nitrogens is 3. The van der Waals surface area contributed by atoms with Crippen molar-refractivity contribution < 1.29 is 9.90 Å². The largest absolute Gasteiger partial charge is 0.478 e. The van der Waals surface area contributed by atoms with Crippen LogP contribution in [0.3, 0.4) is 0 Å². The van der Waals surface area contributed by atoms with Crippen molar-refractivity contribution in [2.24, 2.45) is 0 Å². The molecular weight excluding hydrogens is 266 g/mol. The maximum Gasteiger partial charge on any atom is 0.339 e. The molecule has 1 aromatic carbocycles. The fraction of sp³-hybridized carbons (Fsp3) is 0.0625. The fourth-order valence-electron chi connectivity index (χ4n) is 2.10. The van der Waals surface area contributed by atoms with Gasteiger partial charge < -0.3 is 5.11 Å². The van der Waals surface area contributed by atoms with Crippen LogP contribution in [-0.2, 0) is 0 Å². The summed E-state index contributed by atoms with van der Waals surface area (Å²) in [6, 6.07) is 13.0. The fourth-order valence-corrected chi connectivity index (χ4v) is 2.10. The molecule has 0 aliphatic carbocycles. The van der Waals surface area contributed by atoms with Crippen LogP contribution in [0, 0.1) is 6.92 Å². The van der Waals surface area contributed by atoms with Gasteiger partial charge in [0, 0.05) is 18.0 Å². The van der Waals surface area contributed by atoms with Gasteiger partial charge >= 0.3 is 5.97 Å². The molecule has 104 valence electrons. The van der Waals surface area contributed by atoms with Gasteiger partial charge in [-0.3, -0.25) is 0 Å². The van der Waals surface area contributed by atoms with Crippen molar-refractivity contribution in [1.82, 2.24) is 14.8 Å². The van der Waals surface area contributed by atoms with E-state index in [1.807, 2.05) is 49.4 Å². The minimum absolute atomic E-state index is 0.157. The highest BCUT2D eigenvalue weighted by Crippen LogP contribution is 2.23. The summed E-state index contributed by atoms with van der Waals surface area (Å²) < 4.78 is 1.50. The first kappa shape index (κ1) is 13.1. The van der Waals surface area contributed by atoms with Gasteiger partial charge in [0.05, 0.1) is 0 Å². The van der Waals surface area contributed by atoms with E-state index in [9.17, 15) is 9.90 Å². The molecule has 0 aliphatic rings. The molecule has 2 aromatic heterocycles. The maximum absolute atomic E-state index is 11.4. The van der Waals surface area contributed by atoms with Crippen molar-refractivity contribution in [2.75, 3.05) is 0 Å². The summed E-state index contributed by atoms with van der Waals surface area (Å²) in [6.07, 6.45) is 3.17. The molecule has 0 saturated carbocycles. The molecule has 0 unspecified atom stereocenters. The van der Waals surface area contributed by atoms with E-state index in [4.69, 9.17) is 0 Å². The Morgan fingerprint density at radius 3 is 2.62 bits per heavy atom. The van der Waals surface area contributed by atoms with Crippen molar-refractivity contribution in [2.45, 2.75) is 6.92 Å². The zero-order chi connectivity index (χ0) is 14.8. The molecule has 0 amide bonds. The van der Waals surface area contributed by atoms with E-state index >= 15 is 0 Å². The number of rotatable bonds is 3. The Morgan fingerprint density at radius 1 is 1.19 bits per heavy atom. The van der Waals surface area contributed by atoms with E-state index in [0.29, 0.717) is 11.5 Å². The van der Waals surface area contributed by atoms with Crippen molar-refractivity contribution >= 4 is 5.97 Å². The number of carboxylic acid groups (broad SMARTS) is 1. The van der Waals surface area contributed by atoms with Crippen molar-refractivity contribution in [3.8, 4) is 17.1 Å². The van der Waals surface area contributed by atoms with Gasteiger partial charge in [-0.1, -0.05) is 30.3 Å². The number of pyridine rings is 1. The van der Waals surface area contributed by atoms with Crippen LogP contribution in [-0.4, -0.2) is 25.8 Å². The van der Waals surface area contributed by atoms with Crippen LogP contribution in [0.25, 0.3) is 17.1 Å². The lowest BCUT2D eigenvalue weighted by Gasteiger charge is -2.01. The lowest BCUT2D eigenvalue weighted by molar-refractivity contribution is 0.0697. The highest BCUT2D eigenvalue weighted by Gasteiger charge is 2.17. The number of carbonyl (C=O) groups is 1. The van der Waals surface area contributed by atoms with E-state index in [1.54, 1.807) is 6.20 Å². The number of benzene rings is 1. The average molecular weight is 279 g/mol. The molecule has 0 aliphatic heterocycles. The quantitative estimate of drug-likeness (QED) is 0.800.